The third kappa shape index (κ3) is 76.1. The Bertz CT molecular complexity index is 2470. The molecule has 0 heterocycles. The van der Waals surface area contributed by atoms with Crippen LogP contribution in [0.1, 0.15) is 290 Å². The van der Waals surface area contributed by atoms with Crippen LogP contribution in [0.4, 0.5) is 0 Å². The number of ether oxygens (including phenoxy) is 3. The maximum Gasteiger partial charge on any atom is 0.472 e. The second-order valence-corrected chi connectivity index (χ2v) is 28.3. The fourth-order valence-corrected chi connectivity index (χ4v) is 11.5. The Balaban J connectivity index is 4.46. The van der Waals surface area contributed by atoms with Gasteiger partial charge in [0.25, 0.3) is 0 Å². The summed E-state index contributed by atoms with van der Waals surface area (Å²) in [6.07, 6.45) is 93.1. The maximum absolute atomic E-state index is 12.9. The molecule has 0 aliphatic carbocycles. The summed E-state index contributed by atoms with van der Waals surface area (Å²) in [6, 6.07) is 0. The van der Waals surface area contributed by atoms with Crippen molar-refractivity contribution < 1.29 is 75.8 Å². The monoisotopic (exact) mass is 1450 g/mol. The first-order valence-electron chi connectivity index (χ1n) is 38.8. The van der Waals surface area contributed by atoms with Crippen LogP contribution < -0.4 is 0 Å². The van der Waals surface area contributed by atoms with Gasteiger partial charge in [0.2, 0.25) is 0 Å². The van der Waals surface area contributed by atoms with Gasteiger partial charge in [-0.1, -0.05) is 288 Å². The van der Waals surface area contributed by atoms with E-state index in [1.54, 1.807) is 0 Å². The smallest absolute Gasteiger partial charge is 0.463 e. The topological polar surface area (TPSA) is 231 Å². The highest BCUT2D eigenvalue weighted by molar-refractivity contribution is 7.47. The first-order valence-corrected chi connectivity index (χ1v) is 41.8. The van der Waals surface area contributed by atoms with E-state index >= 15 is 0 Å². The van der Waals surface area contributed by atoms with E-state index in [0.717, 1.165) is 167 Å². The number of aliphatic hydroxyl groups is 2. The van der Waals surface area contributed by atoms with Crippen LogP contribution in [0.15, 0.2) is 158 Å². The van der Waals surface area contributed by atoms with Crippen LogP contribution in [0.3, 0.4) is 0 Å². The van der Waals surface area contributed by atoms with Gasteiger partial charge in [0, 0.05) is 19.3 Å². The lowest BCUT2D eigenvalue weighted by Crippen LogP contribution is -2.30. The average molecular weight is 1450 g/mol. The van der Waals surface area contributed by atoms with Crippen molar-refractivity contribution in [1.29, 1.82) is 0 Å². The van der Waals surface area contributed by atoms with Gasteiger partial charge in [-0.25, -0.2) is 9.13 Å². The van der Waals surface area contributed by atoms with E-state index in [9.17, 15) is 43.5 Å². The zero-order valence-corrected chi connectivity index (χ0v) is 64.6. The SMILES string of the molecule is CC/C=C\C/C=C\C/C=C\C/C=C\C/C=C\C/C=C\CCCCCCCCCCCCCCCCC(=O)OCC(O)COP(=O)(O)OCC(O)COP(=O)(O)OCC(COC(=O)CCCCCC/C=C\C/C=C\C/C=C\C/C=C\CC)OC(=O)CCCCCCC/C=C\C/C=C\C/C=C\CC. The van der Waals surface area contributed by atoms with Crippen molar-refractivity contribution in [3.63, 3.8) is 0 Å². The number of allylic oxidation sites excluding steroid dienone is 26. The molecule has 0 saturated carbocycles. The summed E-state index contributed by atoms with van der Waals surface area (Å²) in [5, 5.41) is 20.6. The molecule has 5 atom stereocenters. The predicted molar refractivity (Wildman–Crippen MR) is 417 cm³/mol. The number of aliphatic hydroxyl groups excluding tert-OH is 2. The minimum absolute atomic E-state index is 0.0753. The van der Waals surface area contributed by atoms with Gasteiger partial charge in [-0.2, -0.15) is 0 Å². The summed E-state index contributed by atoms with van der Waals surface area (Å²) in [5.74, 6) is -1.63. The molecule has 0 aromatic carbocycles. The number of hydrogen-bond donors (Lipinski definition) is 4. The highest BCUT2D eigenvalue weighted by Gasteiger charge is 2.29. The Labute approximate surface area is 612 Å². The van der Waals surface area contributed by atoms with Gasteiger partial charge in [0.05, 0.1) is 26.4 Å². The Morgan fingerprint density at radius 2 is 0.495 bits per heavy atom. The quantitative estimate of drug-likeness (QED) is 0.0146. The first-order chi connectivity index (χ1) is 49.2. The molecule has 16 nitrogen and oxygen atoms in total. The highest BCUT2D eigenvalue weighted by atomic mass is 31.2. The van der Waals surface area contributed by atoms with Gasteiger partial charge in [0.15, 0.2) is 6.10 Å². The molecule has 0 aliphatic heterocycles. The first kappa shape index (κ1) is 96.2. The third-order valence-corrected chi connectivity index (χ3v) is 17.6. The number of phosphoric ester groups is 2. The third-order valence-electron chi connectivity index (χ3n) is 15.7. The summed E-state index contributed by atoms with van der Waals surface area (Å²) >= 11 is 0. The highest BCUT2D eigenvalue weighted by Crippen LogP contribution is 2.45. The van der Waals surface area contributed by atoms with E-state index in [1.165, 1.54) is 64.2 Å². The number of unbranched alkanes of at least 4 members (excludes halogenated alkanes) is 23. The van der Waals surface area contributed by atoms with E-state index in [1.807, 2.05) is 0 Å². The number of carbonyl (C=O) groups excluding carboxylic acids is 3. The Kier molecular flexibility index (Phi) is 71.3. The molecule has 0 rings (SSSR count). The summed E-state index contributed by atoms with van der Waals surface area (Å²) in [6.45, 7) is 2.28. The summed E-state index contributed by atoms with van der Waals surface area (Å²) in [4.78, 5) is 58.5. The van der Waals surface area contributed by atoms with Gasteiger partial charge in [-0.15, -0.1) is 0 Å². The van der Waals surface area contributed by atoms with Gasteiger partial charge >= 0.3 is 33.6 Å². The molecule has 18 heteroatoms. The number of phosphoric acid groups is 2. The summed E-state index contributed by atoms with van der Waals surface area (Å²) in [5.41, 5.74) is 0. The van der Waals surface area contributed by atoms with Crippen LogP contribution in [-0.2, 0) is 55.8 Å². The van der Waals surface area contributed by atoms with Crippen molar-refractivity contribution in [3.8, 4) is 0 Å². The molecule has 101 heavy (non-hydrogen) atoms. The van der Waals surface area contributed by atoms with Crippen molar-refractivity contribution in [2.75, 3.05) is 39.6 Å². The minimum atomic E-state index is -4.94. The van der Waals surface area contributed by atoms with E-state index in [2.05, 4.69) is 179 Å². The Morgan fingerprint density at radius 3 is 0.782 bits per heavy atom. The van der Waals surface area contributed by atoms with Crippen LogP contribution in [0, 0.1) is 0 Å². The van der Waals surface area contributed by atoms with Crippen molar-refractivity contribution in [1.82, 2.24) is 0 Å². The van der Waals surface area contributed by atoms with Gasteiger partial charge in [0.1, 0.15) is 25.4 Å². The predicted octanol–water partition coefficient (Wildman–Crippen LogP) is 22.6. The molecule has 0 saturated heterocycles. The molecule has 0 bridgehead atoms. The van der Waals surface area contributed by atoms with Crippen LogP contribution >= 0.6 is 15.6 Å². The van der Waals surface area contributed by atoms with Crippen molar-refractivity contribution >= 4 is 33.6 Å². The molecule has 0 spiro atoms. The standard InChI is InChI=1S/C83H138O16P2/c1-4-7-10-13-16-19-22-25-28-30-31-32-33-34-35-36-37-38-39-40-41-42-43-44-45-47-50-51-54-57-60-63-66-69-81(86)93-72-78(84)73-95-100(89,90)96-74-79(85)75-97-101(91,92)98-77-80(99-83(88)71-68-65-62-59-56-53-48-27-24-21-18-15-12-9-6-3)76-94-82(87)70-67-64-61-58-55-52-49-46-29-26-23-20-17-14-11-8-5-2/h7-12,16-21,25-29,31-32,34-35,37-38,48-49,52,78-80,84-85H,4-6,13-15,22-24,30,33,36,39-47,50-51,53-77H2,1-3H3,(H,89,90)(H,91,92)/b10-7-,11-8-,12-9-,19-16-,20-17-,21-18-,28-25-,29-26-,32-31-,35-34-,38-37-,48-27-,52-49-. The molecule has 0 radical (unpaired) electrons. The normalized spacial score (nSPS) is 14.9. The molecule has 5 unspecified atom stereocenters. The zero-order valence-electron chi connectivity index (χ0n) is 62.8. The van der Waals surface area contributed by atoms with E-state index in [0.29, 0.717) is 19.3 Å². The van der Waals surface area contributed by atoms with E-state index < -0.39 is 91.5 Å². The van der Waals surface area contributed by atoms with Crippen molar-refractivity contribution in [2.45, 2.75) is 309 Å². The molecule has 0 amide bonds. The van der Waals surface area contributed by atoms with Gasteiger partial charge in [-0.3, -0.25) is 32.5 Å². The molecule has 4 N–H and O–H groups in total. The Hall–Kier alpha value is -4.83. The fourth-order valence-electron chi connectivity index (χ4n) is 9.93. The second-order valence-electron chi connectivity index (χ2n) is 25.4. The molecular formula is C83H138O16P2. The lowest BCUT2D eigenvalue weighted by molar-refractivity contribution is -0.161. The molecule has 0 fully saturated rings. The van der Waals surface area contributed by atoms with E-state index in [-0.39, 0.29) is 19.3 Å². The van der Waals surface area contributed by atoms with Gasteiger partial charge < -0.3 is 34.2 Å². The average Bonchev–Trinajstić information content (AvgIpc) is 1.12. The molecule has 0 aromatic heterocycles. The lowest BCUT2D eigenvalue weighted by atomic mass is 10.0. The van der Waals surface area contributed by atoms with Crippen LogP contribution in [-0.4, -0.2) is 95.9 Å². The molecule has 0 aliphatic rings. The van der Waals surface area contributed by atoms with Crippen LogP contribution in [0.2, 0.25) is 0 Å². The molecular weight excluding hydrogens is 1310 g/mol. The second kappa shape index (κ2) is 74.9. The number of esters is 3. The number of hydrogen-bond acceptors (Lipinski definition) is 14. The molecule has 576 valence electrons. The summed E-state index contributed by atoms with van der Waals surface area (Å²) in [7, 11) is -9.80. The minimum Gasteiger partial charge on any atom is -0.463 e. The Morgan fingerprint density at radius 1 is 0.277 bits per heavy atom. The van der Waals surface area contributed by atoms with Crippen molar-refractivity contribution in [3.05, 3.63) is 158 Å². The maximum atomic E-state index is 12.9. The van der Waals surface area contributed by atoms with Gasteiger partial charge in [-0.05, 0) is 141 Å². The molecule has 0 aromatic rings. The zero-order chi connectivity index (χ0) is 73.7. The van der Waals surface area contributed by atoms with E-state index in [4.69, 9.17) is 32.3 Å². The summed E-state index contributed by atoms with van der Waals surface area (Å²) < 4.78 is 61.0. The van der Waals surface area contributed by atoms with Crippen molar-refractivity contribution in [2.24, 2.45) is 0 Å². The number of rotatable bonds is 72. The fraction of sp³-hybridized carbons (Fsp3) is 0.651. The van der Waals surface area contributed by atoms with Crippen LogP contribution in [0.5, 0.6) is 0 Å². The largest absolute Gasteiger partial charge is 0.472 e. The lowest BCUT2D eigenvalue weighted by Gasteiger charge is -2.21. The van der Waals surface area contributed by atoms with Crippen LogP contribution in [0.25, 0.3) is 0 Å². The number of carbonyl (C=O) groups is 3.